The van der Waals surface area contributed by atoms with E-state index >= 15 is 0 Å². The molecule has 21 heavy (non-hydrogen) atoms. The molecule has 2 aliphatic rings. The van der Waals surface area contributed by atoms with E-state index in [0.717, 1.165) is 37.7 Å². The lowest BCUT2D eigenvalue weighted by Gasteiger charge is -2.19. The minimum Gasteiger partial charge on any atom is -0.352 e. The molecule has 1 unspecified atom stereocenters. The van der Waals surface area contributed by atoms with Crippen LogP contribution in [0.2, 0.25) is 0 Å². The predicted molar refractivity (Wildman–Crippen MR) is 83.7 cm³/mol. The number of fused-ring (bicyclic) bond motifs is 1. The van der Waals surface area contributed by atoms with Crippen molar-refractivity contribution in [1.29, 1.82) is 0 Å². The number of amides is 2. The van der Waals surface area contributed by atoms with E-state index in [1.807, 2.05) is 6.92 Å². The Kier molecular flexibility index (Phi) is 3.99. The van der Waals surface area contributed by atoms with Gasteiger partial charge >= 0.3 is 0 Å². The molecule has 5 nitrogen and oxygen atoms in total. The first-order valence-electron chi connectivity index (χ1n) is 7.59. The third-order valence-corrected chi connectivity index (χ3v) is 5.26. The largest absolute Gasteiger partial charge is 0.352 e. The van der Waals surface area contributed by atoms with Crippen LogP contribution < -0.4 is 16.4 Å². The number of nitrogens with two attached hydrogens (primary N) is 1. The summed E-state index contributed by atoms with van der Waals surface area (Å²) in [5, 5.41) is 6.51. The van der Waals surface area contributed by atoms with Crippen molar-refractivity contribution in [3.63, 3.8) is 0 Å². The first-order chi connectivity index (χ1) is 10.1. The molecule has 0 radical (unpaired) electrons. The zero-order chi connectivity index (χ0) is 15.0. The minimum absolute atomic E-state index is 0.0449. The van der Waals surface area contributed by atoms with Crippen LogP contribution in [-0.2, 0) is 17.6 Å². The van der Waals surface area contributed by atoms with Gasteiger partial charge in [-0.2, -0.15) is 0 Å². The molecule has 1 aromatic heterocycles. The summed E-state index contributed by atoms with van der Waals surface area (Å²) in [6.45, 7) is 2.47. The summed E-state index contributed by atoms with van der Waals surface area (Å²) in [5.41, 5.74) is 7.72. The third-order valence-electron chi connectivity index (χ3n) is 4.05. The molecule has 1 saturated carbocycles. The Bertz CT molecular complexity index is 578. The highest BCUT2D eigenvalue weighted by atomic mass is 32.1. The van der Waals surface area contributed by atoms with E-state index in [4.69, 9.17) is 5.73 Å². The highest BCUT2D eigenvalue weighted by molar-refractivity contribution is 7.17. The number of carbonyl (C=O) groups excluding carboxylic acids is 2. The van der Waals surface area contributed by atoms with Crippen LogP contribution in [0.25, 0.3) is 0 Å². The van der Waals surface area contributed by atoms with Crippen LogP contribution in [0.1, 0.15) is 47.0 Å². The van der Waals surface area contributed by atoms with Gasteiger partial charge in [-0.25, -0.2) is 0 Å². The van der Waals surface area contributed by atoms with Gasteiger partial charge < -0.3 is 16.4 Å². The predicted octanol–water partition coefficient (Wildman–Crippen LogP) is 1.66. The minimum atomic E-state index is -0.102. The molecule has 1 atom stereocenters. The zero-order valence-corrected chi connectivity index (χ0v) is 13.0. The topological polar surface area (TPSA) is 84.2 Å². The Balaban J connectivity index is 1.93. The van der Waals surface area contributed by atoms with Gasteiger partial charge in [-0.3, -0.25) is 9.59 Å². The van der Waals surface area contributed by atoms with Gasteiger partial charge in [-0.05, 0) is 44.6 Å². The molecule has 2 aliphatic carbocycles. The summed E-state index contributed by atoms with van der Waals surface area (Å²) in [6.07, 6.45) is 4.47. The van der Waals surface area contributed by atoms with Crippen molar-refractivity contribution in [2.75, 3.05) is 11.9 Å². The van der Waals surface area contributed by atoms with E-state index in [9.17, 15) is 9.59 Å². The van der Waals surface area contributed by atoms with Gasteiger partial charge in [0.2, 0.25) is 5.91 Å². The Hall–Kier alpha value is -1.40. The Morgan fingerprint density at radius 3 is 2.76 bits per heavy atom. The van der Waals surface area contributed by atoms with Crippen molar-refractivity contribution < 1.29 is 9.59 Å². The second-order valence-corrected chi connectivity index (χ2v) is 6.94. The van der Waals surface area contributed by atoms with Gasteiger partial charge in [0, 0.05) is 23.4 Å². The van der Waals surface area contributed by atoms with E-state index in [-0.39, 0.29) is 23.8 Å². The Labute approximate surface area is 128 Å². The molecule has 1 fully saturated rings. The summed E-state index contributed by atoms with van der Waals surface area (Å²) in [5.74, 6) is 0.0760. The second-order valence-electron chi connectivity index (χ2n) is 5.83. The van der Waals surface area contributed by atoms with Gasteiger partial charge in [0.1, 0.15) is 5.00 Å². The average molecular weight is 307 g/mol. The summed E-state index contributed by atoms with van der Waals surface area (Å²) in [6, 6.07) is 0.104. The SMILES string of the molecule is CCNC(=O)c1c(NC(=O)C2CC2)sc2c1CC(N)CC2. The normalized spacial score (nSPS) is 20.8. The van der Waals surface area contributed by atoms with Crippen molar-refractivity contribution in [3.05, 3.63) is 16.0 Å². The molecule has 0 aliphatic heterocycles. The fourth-order valence-electron chi connectivity index (χ4n) is 2.75. The summed E-state index contributed by atoms with van der Waals surface area (Å²) in [4.78, 5) is 25.6. The van der Waals surface area contributed by atoms with Crippen molar-refractivity contribution in [3.8, 4) is 0 Å². The number of aryl methyl sites for hydroxylation is 1. The quantitative estimate of drug-likeness (QED) is 0.791. The number of nitrogens with one attached hydrogen (secondary N) is 2. The van der Waals surface area contributed by atoms with Crippen molar-refractivity contribution >= 4 is 28.2 Å². The van der Waals surface area contributed by atoms with Crippen LogP contribution in [-0.4, -0.2) is 24.4 Å². The third kappa shape index (κ3) is 2.96. The number of rotatable bonds is 4. The van der Waals surface area contributed by atoms with Crippen molar-refractivity contribution in [2.45, 2.75) is 45.1 Å². The number of thiophene rings is 1. The number of hydrogen-bond acceptors (Lipinski definition) is 4. The lowest BCUT2D eigenvalue weighted by atomic mass is 9.92. The standard InChI is InChI=1S/C15H21N3O2S/c1-2-17-14(20)12-10-7-9(16)5-6-11(10)21-15(12)18-13(19)8-3-4-8/h8-9H,2-7,16H2,1H3,(H,17,20)(H,18,19). The maximum absolute atomic E-state index is 12.4. The van der Waals surface area contributed by atoms with Crippen LogP contribution in [0, 0.1) is 5.92 Å². The van der Waals surface area contributed by atoms with E-state index in [0.29, 0.717) is 17.1 Å². The fraction of sp³-hybridized carbons (Fsp3) is 0.600. The van der Waals surface area contributed by atoms with Crippen molar-refractivity contribution in [2.24, 2.45) is 11.7 Å². The Morgan fingerprint density at radius 2 is 2.10 bits per heavy atom. The molecule has 114 valence electrons. The number of hydrogen-bond donors (Lipinski definition) is 3. The highest BCUT2D eigenvalue weighted by Crippen LogP contribution is 2.39. The smallest absolute Gasteiger partial charge is 0.254 e. The highest BCUT2D eigenvalue weighted by Gasteiger charge is 2.33. The van der Waals surface area contributed by atoms with Gasteiger partial charge in [0.05, 0.1) is 5.56 Å². The lowest BCUT2D eigenvalue weighted by Crippen LogP contribution is -2.30. The summed E-state index contributed by atoms with van der Waals surface area (Å²) in [7, 11) is 0. The molecule has 0 spiro atoms. The summed E-state index contributed by atoms with van der Waals surface area (Å²) >= 11 is 1.54. The van der Waals surface area contributed by atoms with Gasteiger partial charge in [-0.1, -0.05) is 0 Å². The van der Waals surface area contributed by atoms with Gasteiger partial charge in [0.15, 0.2) is 0 Å². The molecule has 6 heteroatoms. The van der Waals surface area contributed by atoms with Crippen LogP contribution in [0.4, 0.5) is 5.00 Å². The molecule has 3 rings (SSSR count). The van der Waals surface area contributed by atoms with E-state index in [2.05, 4.69) is 10.6 Å². The van der Waals surface area contributed by atoms with E-state index < -0.39 is 0 Å². The molecule has 4 N–H and O–H groups in total. The van der Waals surface area contributed by atoms with Crippen LogP contribution in [0.15, 0.2) is 0 Å². The number of anilines is 1. The van der Waals surface area contributed by atoms with E-state index in [1.165, 1.54) is 4.88 Å². The summed E-state index contributed by atoms with van der Waals surface area (Å²) < 4.78 is 0. The van der Waals surface area contributed by atoms with Crippen LogP contribution >= 0.6 is 11.3 Å². The Morgan fingerprint density at radius 1 is 1.33 bits per heavy atom. The molecule has 1 heterocycles. The number of carbonyl (C=O) groups is 2. The van der Waals surface area contributed by atoms with Gasteiger partial charge in [-0.15, -0.1) is 11.3 Å². The fourth-order valence-corrected chi connectivity index (χ4v) is 3.99. The molecule has 0 bridgehead atoms. The maximum Gasteiger partial charge on any atom is 0.254 e. The van der Waals surface area contributed by atoms with Crippen LogP contribution in [0.5, 0.6) is 0 Å². The molecule has 0 saturated heterocycles. The molecular formula is C15H21N3O2S. The molecule has 2 amide bonds. The lowest BCUT2D eigenvalue weighted by molar-refractivity contribution is -0.117. The zero-order valence-electron chi connectivity index (χ0n) is 12.2. The molecule has 0 aromatic carbocycles. The molecular weight excluding hydrogens is 286 g/mol. The van der Waals surface area contributed by atoms with Crippen molar-refractivity contribution in [1.82, 2.24) is 5.32 Å². The first-order valence-corrected chi connectivity index (χ1v) is 8.41. The monoisotopic (exact) mass is 307 g/mol. The van der Waals surface area contributed by atoms with E-state index in [1.54, 1.807) is 11.3 Å². The van der Waals surface area contributed by atoms with Crippen LogP contribution in [0.3, 0.4) is 0 Å². The maximum atomic E-state index is 12.4. The average Bonchev–Trinajstić information content (AvgIpc) is 3.22. The first kappa shape index (κ1) is 14.5. The van der Waals surface area contributed by atoms with Gasteiger partial charge in [0.25, 0.3) is 5.91 Å². The molecule has 1 aromatic rings. The second kappa shape index (κ2) is 5.77.